The zero-order chi connectivity index (χ0) is 14.3. The van der Waals surface area contributed by atoms with Crippen LogP contribution in [-0.2, 0) is 4.79 Å². The molecular formula is C19H24O. The third-order valence-corrected chi connectivity index (χ3v) is 5.07. The number of hydrogen-bond donors (Lipinski definition) is 0. The number of hydrogen-bond acceptors (Lipinski definition) is 1. The Morgan fingerprint density at radius 3 is 2.75 bits per heavy atom. The maximum absolute atomic E-state index is 11.3. The molecule has 0 spiro atoms. The molecule has 1 heteroatoms. The van der Waals surface area contributed by atoms with Crippen LogP contribution in [0.15, 0.2) is 29.8 Å². The molecule has 1 saturated carbocycles. The van der Waals surface area contributed by atoms with Gasteiger partial charge in [-0.25, -0.2) is 0 Å². The smallest absolute Gasteiger partial charge is 0.123 e. The minimum atomic E-state index is 0.151. The third kappa shape index (κ3) is 1.95. The second-order valence-electron chi connectivity index (χ2n) is 7.00. The van der Waals surface area contributed by atoms with E-state index in [9.17, 15) is 4.79 Å². The SMILES string of the molecule is CCCC1=C2C(C[C@@H](C=O)CC2(C)C)c2ccccc21. The lowest BCUT2D eigenvalue weighted by molar-refractivity contribution is -0.112. The van der Waals surface area contributed by atoms with Crippen molar-refractivity contribution in [3.63, 3.8) is 0 Å². The number of carbonyl (C=O) groups is 1. The maximum Gasteiger partial charge on any atom is 0.123 e. The van der Waals surface area contributed by atoms with Crippen molar-refractivity contribution in [3.05, 3.63) is 41.0 Å². The average molecular weight is 268 g/mol. The first-order valence-electron chi connectivity index (χ1n) is 7.86. The fourth-order valence-electron chi connectivity index (χ4n) is 4.49. The van der Waals surface area contributed by atoms with Gasteiger partial charge in [0.2, 0.25) is 0 Å². The highest BCUT2D eigenvalue weighted by atomic mass is 16.1. The summed E-state index contributed by atoms with van der Waals surface area (Å²) in [4.78, 5) is 11.3. The van der Waals surface area contributed by atoms with Crippen LogP contribution in [-0.4, -0.2) is 6.29 Å². The molecule has 0 aliphatic heterocycles. The van der Waals surface area contributed by atoms with E-state index in [4.69, 9.17) is 0 Å². The van der Waals surface area contributed by atoms with E-state index in [0.717, 1.165) is 19.3 Å². The summed E-state index contributed by atoms with van der Waals surface area (Å²) in [5.74, 6) is 0.694. The number of benzene rings is 1. The van der Waals surface area contributed by atoms with Crippen LogP contribution in [0.3, 0.4) is 0 Å². The Labute approximate surface area is 122 Å². The summed E-state index contributed by atoms with van der Waals surface area (Å²) in [6, 6.07) is 8.84. The summed E-state index contributed by atoms with van der Waals surface area (Å²) < 4.78 is 0. The van der Waals surface area contributed by atoms with Crippen molar-refractivity contribution < 1.29 is 4.79 Å². The molecule has 2 atom stereocenters. The van der Waals surface area contributed by atoms with Gasteiger partial charge in [-0.1, -0.05) is 57.0 Å². The predicted molar refractivity (Wildman–Crippen MR) is 83.6 cm³/mol. The van der Waals surface area contributed by atoms with E-state index in [0.29, 0.717) is 5.92 Å². The van der Waals surface area contributed by atoms with Gasteiger partial charge < -0.3 is 4.79 Å². The van der Waals surface area contributed by atoms with Gasteiger partial charge in [0.25, 0.3) is 0 Å². The zero-order valence-corrected chi connectivity index (χ0v) is 12.8. The molecule has 0 bridgehead atoms. The molecule has 106 valence electrons. The van der Waals surface area contributed by atoms with Crippen LogP contribution >= 0.6 is 0 Å². The second-order valence-corrected chi connectivity index (χ2v) is 7.00. The number of carbonyl (C=O) groups excluding carboxylic acids is 1. The van der Waals surface area contributed by atoms with Gasteiger partial charge in [0.05, 0.1) is 0 Å². The minimum absolute atomic E-state index is 0.151. The molecule has 20 heavy (non-hydrogen) atoms. The number of rotatable bonds is 3. The lowest BCUT2D eigenvalue weighted by Gasteiger charge is -2.40. The molecule has 0 saturated heterocycles. The quantitative estimate of drug-likeness (QED) is 0.707. The Morgan fingerprint density at radius 1 is 1.30 bits per heavy atom. The van der Waals surface area contributed by atoms with Gasteiger partial charge in [0, 0.05) is 11.8 Å². The van der Waals surface area contributed by atoms with Crippen LogP contribution in [0.25, 0.3) is 5.57 Å². The second kappa shape index (κ2) is 4.87. The molecule has 0 heterocycles. The van der Waals surface area contributed by atoms with E-state index in [-0.39, 0.29) is 11.3 Å². The zero-order valence-electron chi connectivity index (χ0n) is 12.8. The third-order valence-electron chi connectivity index (χ3n) is 5.07. The largest absolute Gasteiger partial charge is 0.303 e. The predicted octanol–water partition coefficient (Wildman–Crippen LogP) is 4.97. The van der Waals surface area contributed by atoms with Crippen molar-refractivity contribution in [2.24, 2.45) is 11.3 Å². The molecule has 0 aromatic heterocycles. The Bertz CT molecular complexity index is 565. The van der Waals surface area contributed by atoms with Gasteiger partial charge in [0.1, 0.15) is 6.29 Å². The molecule has 0 N–H and O–H groups in total. The topological polar surface area (TPSA) is 17.1 Å². The lowest BCUT2D eigenvalue weighted by atomic mass is 9.63. The van der Waals surface area contributed by atoms with Crippen molar-refractivity contribution in [1.82, 2.24) is 0 Å². The number of allylic oxidation sites excluding steroid dienone is 2. The lowest BCUT2D eigenvalue weighted by Crippen LogP contribution is -2.30. The van der Waals surface area contributed by atoms with E-state index in [1.165, 1.54) is 23.8 Å². The molecule has 3 rings (SSSR count). The Hall–Kier alpha value is -1.37. The maximum atomic E-state index is 11.3. The van der Waals surface area contributed by atoms with Crippen molar-refractivity contribution >= 4 is 11.9 Å². The molecule has 2 aliphatic rings. The molecular weight excluding hydrogens is 244 g/mol. The molecule has 1 unspecified atom stereocenters. The van der Waals surface area contributed by atoms with Crippen molar-refractivity contribution in [2.45, 2.75) is 52.4 Å². The van der Waals surface area contributed by atoms with E-state index >= 15 is 0 Å². The summed E-state index contributed by atoms with van der Waals surface area (Å²) in [5, 5.41) is 0. The molecule has 1 nitrogen and oxygen atoms in total. The van der Waals surface area contributed by atoms with Gasteiger partial charge >= 0.3 is 0 Å². The number of aldehydes is 1. The average Bonchev–Trinajstić information content (AvgIpc) is 2.74. The molecule has 2 aliphatic carbocycles. The molecule has 1 aromatic rings. The summed E-state index contributed by atoms with van der Waals surface area (Å²) in [6.07, 6.45) is 5.54. The Kier molecular flexibility index (Phi) is 3.32. The molecule has 1 aromatic carbocycles. The fourth-order valence-corrected chi connectivity index (χ4v) is 4.49. The van der Waals surface area contributed by atoms with Crippen molar-refractivity contribution in [3.8, 4) is 0 Å². The Morgan fingerprint density at radius 2 is 2.05 bits per heavy atom. The highest BCUT2D eigenvalue weighted by Crippen LogP contribution is 2.58. The normalized spacial score (nSPS) is 27.1. The first-order valence-corrected chi connectivity index (χ1v) is 7.86. The summed E-state index contributed by atoms with van der Waals surface area (Å²) in [7, 11) is 0. The van der Waals surface area contributed by atoms with E-state index < -0.39 is 0 Å². The number of fused-ring (bicyclic) bond motifs is 3. The van der Waals surface area contributed by atoms with Crippen LogP contribution in [0, 0.1) is 11.3 Å². The van der Waals surface area contributed by atoms with E-state index in [1.807, 2.05) is 0 Å². The van der Waals surface area contributed by atoms with Crippen molar-refractivity contribution in [1.29, 1.82) is 0 Å². The van der Waals surface area contributed by atoms with Gasteiger partial charge in [-0.15, -0.1) is 0 Å². The minimum Gasteiger partial charge on any atom is -0.303 e. The molecule has 0 radical (unpaired) electrons. The molecule has 1 fully saturated rings. The van der Waals surface area contributed by atoms with Crippen molar-refractivity contribution in [2.75, 3.05) is 0 Å². The van der Waals surface area contributed by atoms with Crippen LogP contribution in [0.5, 0.6) is 0 Å². The van der Waals surface area contributed by atoms with Gasteiger partial charge in [-0.05, 0) is 41.4 Å². The molecule has 0 amide bonds. The summed E-state index contributed by atoms with van der Waals surface area (Å²) in [5.41, 5.74) is 6.26. The van der Waals surface area contributed by atoms with Crippen LogP contribution in [0.2, 0.25) is 0 Å². The first-order chi connectivity index (χ1) is 9.58. The van der Waals surface area contributed by atoms with Gasteiger partial charge in [-0.2, -0.15) is 0 Å². The summed E-state index contributed by atoms with van der Waals surface area (Å²) >= 11 is 0. The Balaban J connectivity index is 2.16. The van der Waals surface area contributed by atoms with E-state index in [1.54, 1.807) is 11.1 Å². The highest BCUT2D eigenvalue weighted by Gasteiger charge is 2.44. The standard InChI is InChI=1S/C19H24O/c1-4-7-16-14-8-5-6-9-15(14)17-10-13(12-20)11-19(2,3)18(16)17/h5-6,8-9,12-13,17H,4,7,10-11H2,1-3H3/t13-,17?/m1/s1. The van der Waals surface area contributed by atoms with Crippen LogP contribution in [0.4, 0.5) is 0 Å². The van der Waals surface area contributed by atoms with E-state index in [2.05, 4.69) is 45.0 Å². The highest BCUT2D eigenvalue weighted by molar-refractivity contribution is 5.80. The van der Waals surface area contributed by atoms with Crippen LogP contribution < -0.4 is 0 Å². The first kappa shape index (κ1) is 13.6. The fraction of sp³-hybridized carbons (Fsp3) is 0.526. The van der Waals surface area contributed by atoms with Crippen LogP contribution in [0.1, 0.15) is 63.5 Å². The van der Waals surface area contributed by atoms with Gasteiger partial charge in [0.15, 0.2) is 0 Å². The monoisotopic (exact) mass is 268 g/mol. The van der Waals surface area contributed by atoms with Gasteiger partial charge in [-0.3, -0.25) is 0 Å². The summed E-state index contributed by atoms with van der Waals surface area (Å²) in [6.45, 7) is 6.91.